The van der Waals surface area contributed by atoms with Crippen LogP contribution in [0, 0.1) is 57.3 Å². The fourth-order valence-electron chi connectivity index (χ4n) is 10.8. The Morgan fingerprint density at radius 1 is 0.947 bits per heavy atom. The minimum Gasteiger partial charge on any atom is -0.341 e. The molecule has 8 atom stereocenters. The number of rotatable bonds is 1. The van der Waals surface area contributed by atoms with Crippen LogP contribution in [0.4, 0.5) is 4.79 Å². The van der Waals surface area contributed by atoms with Crippen molar-refractivity contribution >= 4 is 17.6 Å². The molecule has 0 saturated heterocycles. The van der Waals surface area contributed by atoms with Crippen LogP contribution in [0.3, 0.4) is 0 Å². The predicted octanol–water partition coefficient (Wildman–Crippen LogP) is 6.32. The number of nitrogens with zero attached hydrogens (tertiary/aromatic N) is 1. The van der Waals surface area contributed by atoms with Gasteiger partial charge in [-0.05, 0) is 84.4 Å². The maximum Gasteiger partial charge on any atom is 0.314 e. The Balaban J connectivity index is 1.62. The van der Waals surface area contributed by atoms with Gasteiger partial charge in [0.05, 0.1) is 6.57 Å². The minimum absolute atomic E-state index is 0.0445. The molecule has 2 N–H and O–H groups in total. The van der Waals surface area contributed by atoms with E-state index in [0.717, 1.165) is 44.9 Å². The third kappa shape index (κ3) is 3.38. The van der Waals surface area contributed by atoms with E-state index in [4.69, 9.17) is 6.57 Å². The van der Waals surface area contributed by atoms with E-state index in [1.807, 2.05) is 19.9 Å². The van der Waals surface area contributed by atoms with Crippen LogP contribution in [0.2, 0.25) is 0 Å². The molecular weight excluding hydrogens is 474 g/mol. The van der Waals surface area contributed by atoms with E-state index in [1.165, 1.54) is 0 Å². The second-order valence-electron chi connectivity index (χ2n) is 15.5. The van der Waals surface area contributed by atoms with Gasteiger partial charge < -0.3 is 15.4 Å². The number of fused-ring (bicyclic) bond motifs is 7. The molecule has 4 fully saturated rings. The summed E-state index contributed by atoms with van der Waals surface area (Å²) in [6, 6.07) is -0.149. The first kappa shape index (κ1) is 27.4. The van der Waals surface area contributed by atoms with Crippen molar-refractivity contribution in [3.05, 3.63) is 23.2 Å². The Labute approximate surface area is 229 Å². The van der Waals surface area contributed by atoms with E-state index in [1.54, 1.807) is 7.05 Å². The summed E-state index contributed by atoms with van der Waals surface area (Å²) in [7, 11) is 1.67. The van der Waals surface area contributed by atoms with Crippen molar-refractivity contribution in [2.75, 3.05) is 7.05 Å². The van der Waals surface area contributed by atoms with Crippen LogP contribution in [-0.4, -0.2) is 30.2 Å². The predicted molar refractivity (Wildman–Crippen MR) is 148 cm³/mol. The molecule has 0 aromatic carbocycles. The number of Topliss-reactive ketones (excluding diaryl/α,β-unsaturated/α-hetero) is 2. The highest BCUT2D eigenvalue weighted by molar-refractivity contribution is 6.02. The third-order valence-electron chi connectivity index (χ3n) is 13.0. The summed E-state index contributed by atoms with van der Waals surface area (Å²) >= 11 is 0. The Hall–Kier alpha value is -2.16. The van der Waals surface area contributed by atoms with Crippen LogP contribution in [0.25, 0.3) is 4.85 Å². The first-order valence-electron chi connectivity index (χ1n) is 14.7. The normalized spacial score (nSPS) is 46.8. The number of allylic oxidation sites excluding steroid dienone is 2. The molecular formula is C32H47N3O3. The molecule has 0 bridgehead atoms. The first-order valence-corrected chi connectivity index (χ1v) is 14.7. The Morgan fingerprint density at radius 3 is 2.24 bits per heavy atom. The highest BCUT2D eigenvalue weighted by Crippen LogP contribution is 2.74. The lowest BCUT2D eigenvalue weighted by atomic mass is 9.32. The van der Waals surface area contributed by atoms with E-state index in [2.05, 4.69) is 50.1 Å². The molecule has 4 saturated carbocycles. The van der Waals surface area contributed by atoms with Crippen LogP contribution in [0.15, 0.2) is 11.8 Å². The van der Waals surface area contributed by atoms with Gasteiger partial charge in [-0.15, -0.1) is 0 Å². The van der Waals surface area contributed by atoms with Gasteiger partial charge in [0.1, 0.15) is 5.78 Å². The van der Waals surface area contributed by atoms with Gasteiger partial charge in [0.2, 0.25) is 5.70 Å². The second-order valence-corrected chi connectivity index (χ2v) is 15.5. The van der Waals surface area contributed by atoms with E-state index in [-0.39, 0.29) is 68.4 Å². The molecule has 0 spiro atoms. The summed E-state index contributed by atoms with van der Waals surface area (Å²) in [4.78, 5) is 44.1. The molecule has 5 aliphatic carbocycles. The summed E-state index contributed by atoms with van der Waals surface area (Å²) in [5.74, 6) is 0.494. The monoisotopic (exact) mass is 521 g/mol. The maximum absolute atomic E-state index is 14.5. The maximum atomic E-state index is 14.5. The van der Waals surface area contributed by atoms with E-state index >= 15 is 0 Å². The van der Waals surface area contributed by atoms with Gasteiger partial charge in [-0.25, -0.2) is 9.64 Å². The van der Waals surface area contributed by atoms with Crippen molar-refractivity contribution in [3.63, 3.8) is 0 Å². The zero-order valence-electron chi connectivity index (χ0n) is 24.7. The highest BCUT2D eigenvalue weighted by atomic mass is 16.2. The molecule has 5 aliphatic rings. The summed E-state index contributed by atoms with van der Waals surface area (Å²) in [5.41, 5.74) is -1.27. The Morgan fingerprint density at radius 2 is 1.61 bits per heavy atom. The molecule has 6 nitrogen and oxygen atoms in total. The summed E-state index contributed by atoms with van der Waals surface area (Å²) in [6.45, 7) is 23.4. The molecule has 0 radical (unpaired) electrons. The highest BCUT2D eigenvalue weighted by Gasteiger charge is 2.72. The minimum atomic E-state index is -0.613. The van der Waals surface area contributed by atoms with Crippen molar-refractivity contribution < 1.29 is 14.4 Å². The van der Waals surface area contributed by atoms with Gasteiger partial charge in [0.25, 0.3) is 0 Å². The van der Waals surface area contributed by atoms with Crippen molar-refractivity contribution in [2.45, 2.75) is 105 Å². The number of urea groups is 1. The molecule has 0 aromatic rings. The van der Waals surface area contributed by atoms with Gasteiger partial charge >= 0.3 is 6.03 Å². The fourth-order valence-corrected chi connectivity index (χ4v) is 10.8. The smallest absolute Gasteiger partial charge is 0.314 e. The van der Waals surface area contributed by atoms with E-state index in [0.29, 0.717) is 12.2 Å². The summed E-state index contributed by atoms with van der Waals surface area (Å²) < 4.78 is 0. The lowest BCUT2D eigenvalue weighted by Crippen LogP contribution is -2.72. The Kier molecular flexibility index (Phi) is 5.90. The number of hydrogen-bond acceptors (Lipinski definition) is 3. The zero-order valence-corrected chi connectivity index (χ0v) is 24.7. The fraction of sp³-hybridized carbons (Fsp3) is 0.812. The van der Waals surface area contributed by atoms with Crippen molar-refractivity contribution in [2.24, 2.45) is 50.7 Å². The average molecular weight is 522 g/mol. The van der Waals surface area contributed by atoms with Crippen molar-refractivity contribution in [3.8, 4) is 0 Å². The van der Waals surface area contributed by atoms with Crippen LogP contribution >= 0.6 is 0 Å². The molecule has 6 heteroatoms. The molecule has 0 aliphatic heterocycles. The number of ketones is 2. The number of carbonyl (C=O) groups excluding carboxylic acids is 3. The molecule has 2 unspecified atom stereocenters. The lowest BCUT2D eigenvalue weighted by Gasteiger charge is -2.72. The average Bonchev–Trinajstić information content (AvgIpc) is 2.83. The van der Waals surface area contributed by atoms with Gasteiger partial charge in [-0.3, -0.25) is 4.79 Å². The van der Waals surface area contributed by atoms with E-state index in [9.17, 15) is 14.4 Å². The lowest BCUT2D eigenvalue weighted by molar-refractivity contribution is -0.214. The van der Waals surface area contributed by atoms with Crippen molar-refractivity contribution in [1.29, 1.82) is 0 Å². The largest absolute Gasteiger partial charge is 0.341 e. The van der Waals surface area contributed by atoms with Crippen molar-refractivity contribution in [1.82, 2.24) is 10.6 Å². The third-order valence-corrected chi connectivity index (χ3v) is 13.0. The summed E-state index contributed by atoms with van der Waals surface area (Å²) in [5, 5.41) is 6.15. The van der Waals surface area contributed by atoms with Gasteiger partial charge in [-0.2, -0.15) is 0 Å². The molecule has 0 heterocycles. The second kappa shape index (κ2) is 8.18. The molecule has 2 amide bonds. The molecule has 208 valence electrons. The molecule has 0 aromatic heterocycles. The zero-order chi connectivity index (χ0) is 28.1. The number of hydrogen-bond donors (Lipinski definition) is 2. The SMILES string of the molecule is [C-]#[N+]C1=C[C@]2(C)[C@H]3CC(=O)C4C5CC(C)(C)CC[C@]5(NC(=O)NC)CC[C@@]4(C)[C@]3(C)CC[C@H]2C(C)(C)C1=O. The number of carbonyl (C=O) groups is 3. The molecule has 38 heavy (non-hydrogen) atoms. The van der Waals surface area contributed by atoms with Gasteiger partial charge in [0.15, 0.2) is 5.78 Å². The van der Waals surface area contributed by atoms with Crippen LogP contribution in [0.1, 0.15) is 99.8 Å². The van der Waals surface area contributed by atoms with E-state index < -0.39 is 5.41 Å². The first-order chi connectivity index (χ1) is 17.5. The number of amides is 2. The van der Waals surface area contributed by atoms with Gasteiger partial charge in [-0.1, -0.05) is 54.5 Å². The topological polar surface area (TPSA) is 79.6 Å². The van der Waals surface area contributed by atoms with Crippen LogP contribution < -0.4 is 10.6 Å². The van der Waals surface area contributed by atoms with Crippen LogP contribution in [0.5, 0.6) is 0 Å². The number of nitrogens with one attached hydrogen (secondary N) is 2. The molecule has 5 rings (SSSR count). The Bertz CT molecular complexity index is 1160. The summed E-state index contributed by atoms with van der Waals surface area (Å²) in [6.07, 6.45) is 9.05. The van der Waals surface area contributed by atoms with Gasteiger partial charge in [0, 0.05) is 30.3 Å². The van der Waals surface area contributed by atoms with Crippen LogP contribution in [-0.2, 0) is 9.59 Å². The standard InChI is InChI=1S/C32H47N3O3/c1-27(2)12-14-32(35-26(38)34-9)15-13-31(7)24(19(32)17-27)21(36)16-23-29(5)18-20(33-8)25(37)28(3,4)22(29)10-11-30(23,31)6/h18-19,22-24H,10-17H2,1-7,9H3,(H2,34,35,38)/t19?,22-,23+,24?,29-,30+,31+,32-/m0/s1. The quantitative estimate of drug-likeness (QED) is 0.396.